The molecular weight excluding hydrogens is 304 g/mol. The largest absolute Gasteiger partial charge is 0.389 e. The topological polar surface area (TPSA) is 63.4 Å². The van der Waals surface area contributed by atoms with Crippen molar-refractivity contribution >= 4 is 27.2 Å². The molecule has 4 nitrogen and oxygen atoms in total. The van der Waals surface area contributed by atoms with Crippen molar-refractivity contribution in [3.63, 3.8) is 0 Å². The zero-order valence-corrected chi connectivity index (χ0v) is 14.1. The van der Waals surface area contributed by atoms with Gasteiger partial charge < -0.3 is 5.73 Å². The first-order chi connectivity index (χ1) is 9.79. The van der Waals surface area contributed by atoms with Crippen molar-refractivity contribution in [1.29, 1.82) is 0 Å². The smallest absolute Gasteiger partial charge is 0.218 e. The van der Waals surface area contributed by atoms with E-state index in [1.54, 1.807) is 28.6 Å². The Bertz CT molecular complexity index is 605. The fraction of sp³-hybridized carbons (Fsp3) is 0.533. The summed E-state index contributed by atoms with van der Waals surface area (Å²) in [6.45, 7) is 4.68. The standard InChI is InChI=1S/C15H22N2O2S2/c1-11(2)9-17(14-7-8-14)21(18,19)10-12-3-5-13(6-4-12)15(16)20/h3-6,11,14H,7-10H2,1-2H3,(H2,16,20). The highest BCUT2D eigenvalue weighted by Gasteiger charge is 2.37. The lowest BCUT2D eigenvalue weighted by Crippen LogP contribution is -2.36. The molecule has 1 saturated carbocycles. The van der Waals surface area contributed by atoms with Crippen LogP contribution in [-0.2, 0) is 15.8 Å². The van der Waals surface area contributed by atoms with Crippen molar-refractivity contribution in [2.45, 2.75) is 38.5 Å². The van der Waals surface area contributed by atoms with Crippen LogP contribution in [0.25, 0.3) is 0 Å². The molecule has 2 rings (SSSR count). The second-order valence-corrected chi connectivity index (χ2v) is 8.37. The van der Waals surface area contributed by atoms with Crippen molar-refractivity contribution < 1.29 is 8.42 Å². The Balaban J connectivity index is 2.13. The van der Waals surface area contributed by atoms with E-state index in [0.29, 0.717) is 17.5 Å². The van der Waals surface area contributed by atoms with Gasteiger partial charge in [-0.3, -0.25) is 0 Å². The molecule has 1 aliphatic carbocycles. The maximum Gasteiger partial charge on any atom is 0.218 e. The summed E-state index contributed by atoms with van der Waals surface area (Å²) < 4.78 is 26.9. The minimum atomic E-state index is -3.27. The molecule has 2 N–H and O–H groups in total. The van der Waals surface area contributed by atoms with Gasteiger partial charge in [0.1, 0.15) is 4.99 Å². The van der Waals surface area contributed by atoms with Crippen molar-refractivity contribution in [3.8, 4) is 0 Å². The minimum absolute atomic E-state index is 0.0355. The Hall–Kier alpha value is -0.980. The van der Waals surface area contributed by atoms with Gasteiger partial charge >= 0.3 is 0 Å². The van der Waals surface area contributed by atoms with E-state index in [0.717, 1.165) is 24.0 Å². The second-order valence-electron chi connectivity index (χ2n) is 6.01. The van der Waals surface area contributed by atoms with E-state index in [2.05, 4.69) is 0 Å². The van der Waals surface area contributed by atoms with Crippen LogP contribution in [0.15, 0.2) is 24.3 Å². The Morgan fingerprint density at radius 3 is 2.33 bits per heavy atom. The maximum absolute atomic E-state index is 12.6. The molecule has 0 aliphatic heterocycles. The van der Waals surface area contributed by atoms with Gasteiger partial charge in [-0.05, 0) is 24.3 Å². The van der Waals surface area contributed by atoms with Crippen LogP contribution >= 0.6 is 12.2 Å². The highest BCUT2D eigenvalue weighted by Crippen LogP contribution is 2.31. The molecule has 0 amide bonds. The summed E-state index contributed by atoms with van der Waals surface area (Å²) in [6, 6.07) is 7.32. The lowest BCUT2D eigenvalue weighted by Gasteiger charge is -2.23. The highest BCUT2D eigenvalue weighted by molar-refractivity contribution is 7.88. The number of nitrogens with zero attached hydrogens (tertiary/aromatic N) is 1. The highest BCUT2D eigenvalue weighted by atomic mass is 32.2. The third kappa shape index (κ3) is 4.49. The monoisotopic (exact) mass is 326 g/mol. The summed E-state index contributed by atoms with van der Waals surface area (Å²) in [5.74, 6) is 0.366. The molecule has 0 spiro atoms. The molecule has 0 radical (unpaired) electrons. The van der Waals surface area contributed by atoms with Gasteiger partial charge in [0, 0.05) is 18.2 Å². The van der Waals surface area contributed by atoms with Gasteiger partial charge in [-0.25, -0.2) is 8.42 Å². The maximum atomic E-state index is 12.6. The predicted octanol–water partition coefficient (Wildman–Crippen LogP) is 2.27. The average molecular weight is 326 g/mol. The predicted molar refractivity (Wildman–Crippen MR) is 89.5 cm³/mol. The van der Waals surface area contributed by atoms with E-state index in [-0.39, 0.29) is 11.8 Å². The van der Waals surface area contributed by atoms with Crippen LogP contribution in [0, 0.1) is 5.92 Å². The Kier molecular flexibility index (Phi) is 5.01. The van der Waals surface area contributed by atoms with E-state index in [9.17, 15) is 8.42 Å². The van der Waals surface area contributed by atoms with E-state index in [1.807, 2.05) is 13.8 Å². The Morgan fingerprint density at radius 2 is 1.90 bits per heavy atom. The summed E-state index contributed by atoms with van der Waals surface area (Å²) in [6.07, 6.45) is 1.96. The average Bonchev–Trinajstić information content (AvgIpc) is 3.20. The molecule has 21 heavy (non-hydrogen) atoms. The van der Waals surface area contributed by atoms with Gasteiger partial charge in [-0.15, -0.1) is 0 Å². The van der Waals surface area contributed by atoms with Gasteiger partial charge in [-0.2, -0.15) is 4.31 Å². The summed E-state index contributed by atoms with van der Waals surface area (Å²) in [4.78, 5) is 0.323. The molecular formula is C15H22N2O2S2. The molecule has 0 bridgehead atoms. The van der Waals surface area contributed by atoms with Gasteiger partial charge in [0.25, 0.3) is 0 Å². The van der Waals surface area contributed by atoms with Crippen LogP contribution in [0.1, 0.15) is 37.8 Å². The van der Waals surface area contributed by atoms with Gasteiger partial charge in [0.05, 0.1) is 5.75 Å². The van der Waals surface area contributed by atoms with Crippen molar-refractivity contribution in [2.75, 3.05) is 6.54 Å². The number of benzene rings is 1. The summed E-state index contributed by atoms with van der Waals surface area (Å²) in [5, 5.41) is 0. The lowest BCUT2D eigenvalue weighted by molar-refractivity contribution is 0.359. The molecule has 0 heterocycles. The number of hydrogen-bond acceptors (Lipinski definition) is 3. The molecule has 1 fully saturated rings. The summed E-state index contributed by atoms with van der Waals surface area (Å²) in [5.41, 5.74) is 7.07. The van der Waals surface area contributed by atoms with Crippen LogP contribution < -0.4 is 5.73 Å². The van der Waals surface area contributed by atoms with E-state index in [4.69, 9.17) is 18.0 Å². The molecule has 0 aromatic heterocycles. The molecule has 1 aliphatic rings. The fourth-order valence-corrected chi connectivity index (χ4v) is 4.38. The van der Waals surface area contributed by atoms with Gasteiger partial charge in [-0.1, -0.05) is 50.3 Å². The molecule has 0 atom stereocenters. The molecule has 116 valence electrons. The lowest BCUT2D eigenvalue weighted by atomic mass is 10.1. The minimum Gasteiger partial charge on any atom is -0.389 e. The van der Waals surface area contributed by atoms with Crippen LogP contribution in [0.5, 0.6) is 0 Å². The number of rotatable bonds is 7. The molecule has 0 saturated heterocycles. The fourth-order valence-electron chi connectivity index (χ4n) is 2.27. The Labute approximate surface area is 132 Å². The van der Waals surface area contributed by atoms with Crippen LogP contribution in [0.4, 0.5) is 0 Å². The van der Waals surface area contributed by atoms with Crippen molar-refractivity contribution in [2.24, 2.45) is 11.7 Å². The first kappa shape index (κ1) is 16.4. The second kappa shape index (κ2) is 6.42. The van der Waals surface area contributed by atoms with Gasteiger partial charge in [0.15, 0.2) is 0 Å². The molecule has 6 heteroatoms. The molecule has 0 unspecified atom stereocenters. The van der Waals surface area contributed by atoms with E-state index >= 15 is 0 Å². The molecule has 1 aromatic carbocycles. The third-order valence-corrected chi connectivity index (χ3v) is 5.54. The summed E-state index contributed by atoms with van der Waals surface area (Å²) >= 11 is 4.90. The van der Waals surface area contributed by atoms with Gasteiger partial charge in [0.2, 0.25) is 10.0 Å². The summed E-state index contributed by atoms with van der Waals surface area (Å²) in [7, 11) is -3.27. The van der Waals surface area contributed by atoms with E-state index < -0.39 is 10.0 Å². The first-order valence-electron chi connectivity index (χ1n) is 7.18. The SMILES string of the molecule is CC(C)CN(C1CC1)S(=O)(=O)Cc1ccc(C(N)=S)cc1. The zero-order valence-electron chi connectivity index (χ0n) is 12.5. The van der Waals surface area contributed by atoms with Crippen molar-refractivity contribution in [1.82, 2.24) is 4.31 Å². The quantitative estimate of drug-likeness (QED) is 0.781. The van der Waals surface area contributed by atoms with Crippen LogP contribution in [-0.4, -0.2) is 30.3 Å². The number of sulfonamides is 1. The molecule has 1 aromatic rings. The van der Waals surface area contributed by atoms with Crippen LogP contribution in [0.2, 0.25) is 0 Å². The number of thiocarbonyl (C=S) groups is 1. The van der Waals surface area contributed by atoms with Crippen molar-refractivity contribution in [3.05, 3.63) is 35.4 Å². The number of hydrogen-bond donors (Lipinski definition) is 1. The number of nitrogens with two attached hydrogens (primary N) is 1. The normalized spacial score (nSPS) is 15.6. The third-order valence-electron chi connectivity index (χ3n) is 3.44. The first-order valence-corrected chi connectivity index (χ1v) is 9.19. The Morgan fingerprint density at radius 1 is 1.33 bits per heavy atom. The van der Waals surface area contributed by atoms with E-state index in [1.165, 1.54) is 0 Å². The zero-order chi connectivity index (χ0) is 15.6. The van der Waals surface area contributed by atoms with Crippen LogP contribution in [0.3, 0.4) is 0 Å².